The summed E-state index contributed by atoms with van der Waals surface area (Å²) < 4.78 is 18.4. The van der Waals surface area contributed by atoms with Gasteiger partial charge in [0.15, 0.2) is 0 Å². The van der Waals surface area contributed by atoms with E-state index in [4.69, 9.17) is 14.9 Å². The van der Waals surface area contributed by atoms with Crippen molar-refractivity contribution in [2.75, 3.05) is 6.61 Å². The van der Waals surface area contributed by atoms with Gasteiger partial charge in [-0.25, -0.2) is 9.37 Å². The molecular weight excluding hydrogens is 249 g/mol. The Morgan fingerprint density at radius 1 is 1.16 bits per heavy atom. The minimum absolute atomic E-state index is 0.0916. The van der Waals surface area contributed by atoms with Gasteiger partial charge in [0.25, 0.3) is 0 Å². The molecule has 2 aromatic rings. The number of halogens is 1. The average Bonchev–Trinajstić information content (AvgIpc) is 2.43. The summed E-state index contributed by atoms with van der Waals surface area (Å²) >= 11 is 0. The number of aliphatic hydroxyl groups excluding tert-OH is 2. The molecule has 1 aromatic carbocycles. The molecular formula is C14H14FNO3. The molecule has 0 aliphatic rings. The quantitative estimate of drug-likeness (QED) is 0.866. The van der Waals surface area contributed by atoms with Gasteiger partial charge in [-0.2, -0.15) is 0 Å². The molecule has 2 rings (SSSR count). The molecule has 19 heavy (non-hydrogen) atoms. The van der Waals surface area contributed by atoms with Gasteiger partial charge in [-0.15, -0.1) is 0 Å². The molecule has 0 aliphatic heterocycles. The lowest BCUT2D eigenvalue weighted by Crippen LogP contribution is -1.96. The topological polar surface area (TPSA) is 62.6 Å². The predicted octanol–water partition coefficient (Wildman–Crippen LogP) is 2.04. The molecule has 0 spiro atoms. The zero-order valence-corrected chi connectivity index (χ0v) is 10.2. The van der Waals surface area contributed by atoms with Crippen LogP contribution in [0.3, 0.4) is 0 Å². The first-order valence-electron chi connectivity index (χ1n) is 5.86. The standard InChI is InChI=1S/C14H14FNO3/c15-12-7-11(9-18)14(16-8-12)19-13-3-1-10(2-4-13)5-6-17/h1-4,7-8,17-18H,5-6,9H2. The lowest BCUT2D eigenvalue weighted by atomic mass is 10.1. The van der Waals surface area contributed by atoms with Crippen LogP contribution in [-0.2, 0) is 13.0 Å². The van der Waals surface area contributed by atoms with Crippen molar-refractivity contribution >= 4 is 0 Å². The molecule has 0 fully saturated rings. The summed E-state index contributed by atoms with van der Waals surface area (Å²) in [5.74, 6) is 0.198. The summed E-state index contributed by atoms with van der Waals surface area (Å²) in [6.45, 7) is -0.253. The highest BCUT2D eigenvalue weighted by Gasteiger charge is 2.07. The fraction of sp³-hybridized carbons (Fsp3) is 0.214. The van der Waals surface area contributed by atoms with E-state index in [2.05, 4.69) is 4.98 Å². The van der Waals surface area contributed by atoms with Crippen LogP contribution in [0.15, 0.2) is 36.5 Å². The SMILES string of the molecule is OCCc1ccc(Oc2ncc(F)cc2CO)cc1. The molecule has 4 nitrogen and oxygen atoms in total. The first-order chi connectivity index (χ1) is 9.22. The Labute approximate surface area is 110 Å². The summed E-state index contributed by atoms with van der Waals surface area (Å²) in [6.07, 6.45) is 1.62. The summed E-state index contributed by atoms with van der Waals surface area (Å²) in [4.78, 5) is 3.81. The van der Waals surface area contributed by atoms with Crippen molar-refractivity contribution in [3.8, 4) is 11.6 Å². The maximum atomic E-state index is 13.0. The van der Waals surface area contributed by atoms with Gasteiger partial charge in [0.05, 0.1) is 12.8 Å². The molecule has 0 aliphatic carbocycles. The second kappa shape index (κ2) is 6.26. The molecule has 2 N–H and O–H groups in total. The van der Waals surface area contributed by atoms with E-state index in [1.165, 1.54) is 6.07 Å². The number of hydrogen-bond acceptors (Lipinski definition) is 4. The van der Waals surface area contributed by atoms with E-state index in [9.17, 15) is 4.39 Å². The van der Waals surface area contributed by atoms with Crippen LogP contribution in [0.1, 0.15) is 11.1 Å². The van der Waals surface area contributed by atoms with Crippen LogP contribution < -0.4 is 4.74 Å². The molecule has 0 bridgehead atoms. The second-order valence-electron chi connectivity index (χ2n) is 4.00. The monoisotopic (exact) mass is 263 g/mol. The molecule has 0 saturated carbocycles. The summed E-state index contributed by atoms with van der Waals surface area (Å²) in [7, 11) is 0. The van der Waals surface area contributed by atoms with Crippen molar-refractivity contribution in [1.82, 2.24) is 4.98 Å². The molecule has 100 valence electrons. The van der Waals surface area contributed by atoms with Crippen molar-refractivity contribution in [2.45, 2.75) is 13.0 Å². The minimum Gasteiger partial charge on any atom is -0.439 e. The van der Waals surface area contributed by atoms with E-state index in [1.807, 2.05) is 12.1 Å². The van der Waals surface area contributed by atoms with E-state index < -0.39 is 5.82 Å². The zero-order valence-electron chi connectivity index (χ0n) is 10.2. The van der Waals surface area contributed by atoms with Gasteiger partial charge < -0.3 is 14.9 Å². The van der Waals surface area contributed by atoms with Crippen LogP contribution in [0.5, 0.6) is 11.6 Å². The average molecular weight is 263 g/mol. The van der Waals surface area contributed by atoms with Crippen LogP contribution in [0.4, 0.5) is 4.39 Å². The van der Waals surface area contributed by atoms with E-state index in [-0.39, 0.29) is 19.1 Å². The summed E-state index contributed by atoms with van der Waals surface area (Å²) in [5.41, 5.74) is 1.28. The third-order valence-corrected chi connectivity index (χ3v) is 2.60. The Morgan fingerprint density at radius 3 is 2.53 bits per heavy atom. The third-order valence-electron chi connectivity index (χ3n) is 2.60. The highest BCUT2D eigenvalue weighted by Crippen LogP contribution is 2.24. The van der Waals surface area contributed by atoms with E-state index in [0.29, 0.717) is 17.7 Å². The largest absolute Gasteiger partial charge is 0.439 e. The molecule has 0 unspecified atom stereocenters. The number of pyridine rings is 1. The molecule has 0 atom stereocenters. The zero-order chi connectivity index (χ0) is 13.7. The van der Waals surface area contributed by atoms with Crippen molar-refractivity contribution < 1.29 is 19.3 Å². The maximum Gasteiger partial charge on any atom is 0.224 e. The number of aromatic nitrogens is 1. The van der Waals surface area contributed by atoms with E-state index >= 15 is 0 Å². The van der Waals surface area contributed by atoms with Crippen LogP contribution in [0.25, 0.3) is 0 Å². The van der Waals surface area contributed by atoms with Crippen LogP contribution in [-0.4, -0.2) is 21.8 Å². The highest BCUT2D eigenvalue weighted by molar-refractivity contribution is 5.34. The number of hydrogen-bond donors (Lipinski definition) is 2. The molecule has 1 heterocycles. The highest BCUT2D eigenvalue weighted by atomic mass is 19.1. The van der Waals surface area contributed by atoms with Gasteiger partial charge in [-0.1, -0.05) is 12.1 Å². The van der Waals surface area contributed by atoms with Crippen molar-refractivity contribution in [1.29, 1.82) is 0 Å². The van der Waals surface area contributed by atoms with Gasteiger partial charge in [-0.3, -0.25) is 0 Å². The lowest BCUT2D eigenvalue weighted by molar-refractivity contribution is 0.274. The van der Waals surface area contributed by atoms with Crippen LogP contribution in [0, 0.1) is 5.82 Å². The van der Waals surface area contributed by atoms with Gasteiger partial charge in [0.1, 0.15) is 11.6 Å². The number of ether oxygens (including phenoxy) is 1. The number of aliphatic hydroxyl groups is 2. The lowest BCUT2D eigenvalue weighted by Gasteiger charge is -2.09. The molecule has 0 saturated heterocycles. The third kappa shape index (κ3) is 3.49. The Bertz CT molecular complexity index is 543. The predicted molar refractivity (Wildman–Crippen MR) is 67.4 cm³/mol. The van der Waals surface area contributed by atoms with Gasteiger partial charge in [-0.05, 0) is 30.2 Å². The first-order valence-corrected chi connectivity index (χ1v) is 5.86. The number of nitrogens with zero attached hydrogens (tertiary/aromatic N) is 1. The van der Waals surface area contributed by atoms with Crippen LogP contribution >= 0.6 is 0 Å². The number of benzene rings is 1. The molecule has 5 heteroatoms. The fourth-order valence-corrected chi connectivity index (χ4v) is 1.64. The van der Waals surface area contributed by atoms with Gasteiger partial charge in [0.2, 0.25) is 5.88 Å². The van der Waals surface area contributed by atoms with Crippen molar-refractivity contribution in [2.24, 2.45) is 0 Å². The number of rotatable bonds is 5. The fourth-order valence-electron chi connectivity index (χ4n) is 1.64. The summed E-state index contributed by atoms with van der Waals surface area (Å²) in [5, 5.41) is 17.9. The van der Waals surface area contributed by atoms with Gasteiger partial charge >= 0.3 is 0 Å². The Kier molecular flexibility index (Phi) is 4.43. The Morgan fingerprint density at radius 2 is 1.89 bits per heavy atom. The molecule has 0 amide bonds. The van der Waals surface area contributed by atoms with Gasteiger partial charge in [0, 0.05) is 12.2 Å². The molecule has 0 radical (unpaired) electrons. The smallest absolute Gasteiger partial charge is 0.224 e. The van der Waals surface area contributed by atoms with E-state index in [0.717, 1.165) is 11.8 Å². The first kappa shape index (κ1) is 13.5. The Hall–Kier alpha value is -1.98. The maximum absolute atomic E-state index is 13.0. The summed E-state index contributed by atoms with van der Waals surface area (Å²) in [6, 6.07) is 8.30. The Balaban J connectivity index is 2.16. The van der Waals surface area contributed by atoms with Crippen molar-refractivity contribution in [3.63, 3.8) is 0 Å². The van der Waals surface area contributed by atoms with E-state index in [1.54, 1.807) is 12.1 Å². The molecule has 1 aromatic heterocycles. The second-order valence-corrected chi connectivity index (χ2v) is 4.00. The van der Waals surface area contributed by atoms with Crippen molar-refractivity contribution in [3.05, 3.63) is 53.5 Å². The minimum atomic E-state index is -0.519. The van der Waals surface area contributed by atoms with Crippen LogP contribution in [0.2, 0.25) is 0 Å². The normalized spacial score (nSPS) is 10.5.